The fourth-order valence-electron chi connectivity index (χ4n) is 2.73. The van der Waals surface area contributed by atoms with Crippen LogP contribution in [0.1, 0.15) is 13.3 Å². The number of hydrogen-bond donors (Lipinski definition) is 0. The molecule has 4 rings (SSSR count). The van der Waals surface area contributed by atoms with E-state index in [-0.39, 0.29) is 0 Å². The van der Waals surface area contributed by atoms with E-state index in [0.29, 0.717) is 13.2 Å². The molecular weight excluding hydrogens is 320 g/mol. The number of ether oxygens (including phenoxy) is 2. The van der Waals surface area contributed by atoms with Crippen molar-refractivity contribution in [3.63, 3.8) is 0 Å². The van der Waals surface area contributed by atoms with Gasteiger partial charge in [-0.2, -0.15) is 0 Å². The highest BCUT2D eigenvalue weighted by molar-refractivity contribution is 8.17. The number of nitrogens with zero attached hydrogens (tertiary/aromatic N) is 2. The van der Waals surface area contributed by atoms with Gasteiger partial charge in [0.25, 0.3) is 0 Å². The molecule has 0 aliphatic carbocycles. The molecule has 0 bridgehead atoms. The van der Waals surface area contributed by atoms with E-state index >= 15 is 0 Å². The lowest BCUT2D eigenvalue weighted by molar-refractivity contribution is 0.248. The Morgan fingerprint density at radius 2 is 1.67 bits per heavy atom. The number of allylic oxidation sites excluding steroid dienone is 1. The number of fused-ring (bicyclic) bond motifs is 4. The van der Waals surface area contributed by atoms with Gasteiger partial charge in [-0.3, -0.25) is 4.90 Å². The first kappa shape index (κ1) is 15.1. The van der Waals surface area contributed by atoms with E-state index in [1.54, 1.807) is 11.8 Å². The molecule has 122 valence electrons. The van der Waals surface area contributed by atoms with E-state index in [1.807, 2.05) is 42.5 Å². The summed E-state index contributed by atoms with van der Waals surface area (Å²) in [6.45, 7) is 3.31. The summed E-state index contributed by atoms with van der Waals surface area (Å²) in [6.07, 6.45) is 0.822. The summed E-state index contributed by atoms with van der Waals surface area (Å²) in [6, 6.07) is 16.0. The van der Waals surface area contributed by atoms with Crippen molar-refractivity contribution in [3.05, 3.63) is 59.6 Å². The van der Waals surface area contributed by atoms with Crippen LogP contribution < -0.4 is 14.4 Å². The normalized spacial score (nSPS) is 17.0. The van der Waals surface area contributed by atoms with Crippen LogP contribution in [0.4, 0.5) is 11.4 Å². The third kappa shape index (κ3) is 2.87. The first-order valence-corrected chi connectivity index (χ1v) is 8.87. The number of rotatable bonds is 0. The summed E-state index contributed by atoms with van der Waals surface area (Å²) < 4.78 is 11.9. The standard InChI is InChI=1S/C19H18N2O2S/c1-14-13-24-19-20-15-7-2-4-9-17(15)22-11-6-12-23-18-10-5-3-8-16(18)21(14)19/h2-5,7-10,13H,6,11-12H2,1H3. The molecule has 0 spiro atoms. The van der Waals surface area contributed by atoms with Gasteiger partial charge in [0.15, 0.2) is 5.17 Å². The maximum absolute atomic E-state index is 5.99. The molecule has 0 fully saturated rings. The van der Waals surface area contributed by atoms with E-state index in [2.05, 4.69) is 23.3 Å². The van der Waals surface area contributed by atoms with E-state index in [4.69, 9.17) is 14.5 Å². The Bertz CT molecular complexity index is 817. The number of hydrogen-bond acceptors (Lipinski definition) is 5. The van der Waals surface area contributed by atoms with Gasteiger partial charge < -0.3 is 9.47 Å². The summed E-state index contributed by atoms with van der Waals surface area (Å²) in [5.41, 5.74) is 3.01. The summed E-state index contributed by atoms with van der Waals surface area (Å²) in [4.78, 5) is 6.99. The van der Waals surface area contributed by atoms with Crippen LogP contribution in [0.3, 0.4) is 0 Å². The smallest absolute Gasteiger partial charge is 0.177 e. The minimum atomic E-state index is 0.609. The highest BCUT2D eigenvalue weighted by Gasteiger charge is 2.25. The van der Waals surface area contributed by atoms with Gasteiger partial charge in [0.1, 0.15) is 17.2 Å². The molecule has 4 nitrogen and oxygen atoms in total. The van der Waals surface area contributed by atoms with Gasteiger partial charge in [-0.15, -0.1) is 0 Å². The molecule has 0 N–H and O–H groups in total. The minimum Gasteiger partial charge on any atom is -0.491 e. The molecule has 24 heavy (non-hydrogen) atoms. The molecule has 0 unspecified atom stereocenters. The number of benzene rings is 2. The number of aliphatic imine (C=N–C) groups is 1. The molecule has 0 amide bonds. The Balaban J connectivity index is 1.84. The molecule has 2 aromatic rings. The molecule has 2 heterocycles. The van der Waals surface area contributed by atoms with E-state index in [9.17, 15) is 0 Å². The maximum atomic E-state index is 5.99. The first-order chi connectivity index (χ1) is 11.8. The minimum absolute atomic E-state index is 0.609. The fraction of sp³-hybridized carbons (Fsp3) is 0.211. The Morgan fingerprint density at radius 1 is 0.958 bits per heavy atom. The van der Waals surface area contributed by atoms with Crippen LogP contribution >= 0.6 is 11.8 Å². The van der Waals surface area contributed by atoms with Crippen LogP contribution in [0.2, 0.25) is 0 Å². The van der Waals surface area contributed by atoms with Gasteiger partial charge in [-0.05, 0) is 36.6 Å². The Morgan fingerprint density at radius 3 is 2.54 bits per heavy atom. The number of anilines is 1. The highest BCUT2D eigenvalue weighted by atomic mass is 32.2. The van der Waals surface area contributed by atoms with Crippen molar-refractivity contribution in [1.29, 1.82) is 0 Å². The average molecular weight is 338 g/mol. The van der Waals surface area contributed by atoms with Gasteiger partial charge in [0.2, 0.25) is 0 Å². The summed E-state index contributed by atoms with van der Waals surface area (Å²) in [5.74, 6) is 1.68. The predicted molar refractivity (Wildman–Crippen MR) is 99.4 cm³/mol. The van der Waals surface area contributed by atoms with Crippen LogP contribution in [-0.2, 0) is 0 Å². The molecule has 2 aromatic carbocycles. The van der Waals surface area contributed by atoms with Crippen molar-refractivity contribution in [1.82, 2.24) is 0 Å². The average Bonchev–Trinajstić information content (AvgIpc) is 2.95. The van der Waals surface area contributed by atoms with Gasteiger partial charge in [0.05, 0.1) is 18.9 Å². The van der Waals surface area contributed by atoms with Gasteiger partial charge >= 0.3 is 0 Å². The molecule has 0 saturated carbocycles. The van der Waals surface area contributed by atoms with Crippen molar-refractivity contribution in [2.24, 2.45) is 4.99 Å². The number of amidine groups is 1. The first-order valence-electron chi connectivity index (χ1n) is 7.99. The Kier molecular flexibility index (Phi) is 4.17. The molecular formula is C19H18N2O2S. The van der Waals surface area contributed by atoms with Crippen LogP contribution in [0.25, 0.3) is 0 Å². The quantitative estimate of drug-likeness (QED) is 0.680. The molecule has 0 saturated heterocycles. The van der Waals surface area contributed by atoms with Crippen molar-refractivity contribution >= 4 is 28.3 Å². The predicted octanol–water partition coefficient (Wildman–Crippen LogP) is 4.95. The lowest BCUT2D eigenvalue weighted by Crippen LogP contribution is -2.23. The van der Waals surface area contributed by atoms with E-state index in [0.717, 1.165) is 40.2 Å². The largest absolute Gasteiger partial charge is 0.491 e. The molecule has 0 radical (unpaired) electrons. The zero-order valence-electron chi connectivity index (χ0n) is 13.4. The molecule has 5 heteroatoms. The van der Waals surface area contributed by atoms with Crippen LogP contribution in [0.15, 0.2) is 64.6 Å². The highest BCUT2D eigenvalue weighted by Crippen LogP contribution is 2.39. The molecule has 2 aliphatic rings. The lowest BCUT2D eigenvalue weighted by Gasteiger charge is -2.24. The Labute approximate surface area is 145 Å². The molecule has 0 aromatic heterocycles. The van der Waals surface area contributed by atoms with Gasteiger partial charge in [-0.1, -0.05) is 36.0 Å². The fourth-order valence-corrected chi connectivity index (χ4v) is 3.61. The topological polar surface area (TPSA) is 34.1 Å². The zero-order chi connectivity index (χ0) is 16.4. The monoisotopic (exact) mass is 338 g/mol. The number of para-hydroxylation sites is 4. The third-order valence-corrected chi connectivity index (χ3v) is 4.81. The SMILES string of the molecule is CC1=CSC2=Nc3ccccc3OCCCOc3ccccc3N12. The zero-order valence-corrected chi connectivity index (χ0v) is 14.3. The Hall–Kier alpha value is -2.40. The summed E-state index contributed by atoms with van der Waals surface area (Å²) >= 11 is 1.62. The second-order valence-corrected chi connectivity index (χ2v) is 6.43. The number of thioether (sulfide) groups is 1. The van der Waals surface area contributed by atoms with E-state index < -0.39 is 0 Å². The van der Waals surface area contributed by atoms with Crippen LogP contribution in [0, 0.1) is 0 Å². The van der Waals surface area contributed by atoms with Crippen molar-refractivity contribution in [2.75, 3.05) is 18.1 Å². The summed E-state index contributed by atoms with van der Waals surface area (Å²) in [5, 5.41) is 3.01. The van der Waals surface area contributed by atoms with Crippen LogP contribution in [-0.4, -0.2) is 18.4 Å². The van der Waals surface area contributed by atoms with E-state index in [1.165, 1.54) is 0 Å². The second kappa shape index (κ2) is 6.61. The lowest BCUT2D eigenvalue weighted by atomic mass is 10.2. The van der Waals surface area contributed by atoms with Crippen molar-refractivity contribution in [3.8, 4) is 11.5 Å². The summed E-state index contributed by atoms with van der Waals surface area (Å²) in [7, 11) is 0. The van der Waals surface area contributed by atoms with Gasteiger partial charge in [0, 0.05) is 12.1 Å². The maximum Gasteiger partial charge on any atom is 0.177 e. The molecule has 0 atom stereocenters. The van der Waals surface area contributed by atoms with Crippen molar-refractivity contribution in [2.45, 2.75) is 13.3 Å². The molecule has 2 aliphatic heterocycles. The van der Waals surface area contributed by atoms with Crippen molar-refractivity contribution < 1.29 is 9.47 Å². The van der Waals surface area contributed by atoms with Gasteiger partial charge in [-0.25, -0.2) is 4.99 Å². The van der Waals surface area contributed by atoms with Crippen LogP contribution in [0.5, 0.6) is 11.5 Å². The third-order valence-electron chi connectivity index (χ3n) is 3.87. The second-order valence-electron chi connectivity index (χ2n) is 5.59.